The fourth-order valence-corrected chi connectivity index (χ4v) is 2.32. The molecule has 108 valence electrons. The van der Waals surface area contributed by atoms with Crippen LogP contribution in [0, 0.1) is 5.41 Å². The van der Waals surface area contributed by atoms with Crippen molar-refractivity contribution in [3.05, 3.63) is 30.1 Å². The van der Waals surface area contributed by atoms with Crippen molar-refractivity contribution in [3.8, 4) is 0 Å². The number of aromatic nitrogens is 1. The molecule has 3 heteroatoms. The van der Waals surface area contributed by atoms with Gasteiger partial charge in [0.2, 0.25) is 0 Å². The zero-order chi connectivity index (χ0) is 14.1. The van der Waals surface area contributed by atoms with Crippen LogP contribution in [0.1, 0.15) is 32.9 Å². The Morgan fingerprint density at radius 2 is 2.11 bits per heavy atom. The monoisotopic (exact) mass is 263 g/mol. The molecule has 0 saturated carbocycles. The van der Waals surface area contributed by atoms with Crippen LogP contribution in [0.4, 0.5) is 0 Å². The van der Waals surface area contributed by atoms with Gasteiger partial charge in [-0.3, -0.25) is 4.98 Å². The number of nitrogens with zero attached hydrogens (tertiary/aromatic N) is 2. The summed E-state index contributed by atoms with van der Waals surface area (Å²) >= 11 is 0. The molecule has 0 aliphatic rings. The first-order chi connectivity index (χ1) is 9.03. The van der Waals surface area contributed by atoms with Crippen molar-refractivity contribution in [1.82, 2.24) is 15.2 Å². The molecule has 0 aliphatic heterocycles. The lowest BCUT2D eigenvalue weighted by Gasteiger charge is -2.30. The topological polar surface area (TPSA) is 28.2 Å². The summed E-state index contributed by atoms with van der Waals surface area (Å²) in [6, 6.07) is 6.12. The number of rotatable bonds is 9. The van der Waals surface area contributed by atoms with Crippen molar-refractivity contribution < 1.29 is 0 Å². The second kappa shape index (κ2) is 8.28. The van der Waals surface area contributed by atoms with E-state index in [9.17, 15) is 0 Å². The molecule has 0 atom stereocenters. The van der Waals surface area contributed by atoms with E-state index in [2.05, 4.69) is 55.2 Å². The van der Waals surface area contributed by atoms with E-state index in [1.165, 1.54) is 12.1 Å². The minimum Gasteiger partial charge on any atom is -0.316 e. The Bertz CT molecular complexity index is 335. The third kappa shape index (κ3) is 7.28. The van der Waals surface area contributed by atoms with Crippen molar-refractivity contribution in [1.29, 1.82) is 0 Å². The van der Waals surface area contributed by atoms with E-state index in [1.54, 1.807) is 0 Å². The molecule has 0 fully saturated rings. The summed E-state index contributed by atoms with van der Waals surface area (Å²) in [5, 5.41) is 3.52. The van der Waals surface area contributed by atoms with Crippen LogP contribution < -0.4 is 5.32 Å². The molecule has 1 aromatic rings. The van der Waals surface area contributed by atoms with Gasteiger partial charge in [-0.15, -0.1) is 0 Å². The van der Waals surface area contributed by atoms with Gasteiger partial charge in [0.05, 0.1) is 0 Å². The van der Waals surface area contributed by atoms with Gasteiger partial charge < -0.3 is 10.2 Å². The summed E-state index contributed by atoms with van der Waals surface area (Å²) in [6.45, 7) is 11.2. The maximum absolute atomic E-state index is 4.37. The van der Waals surface area contributed by atoms with Crippen LogP contribution in [-0.4, -0.2) is 43.1 Å². The molecule has 19 heavy (non-hydrogen) atoms. The molecule has 1 N–H and O–H groups in total. The zero-order valence-electron chi connectivity index (χ0n) is 12.9. The molecule has 0 aromatic carbocycles. The summed E-state index contributed by atoms with van der Waals surface area (Å²) < 4.78 is 0. The molecule has 0 bridgehead atoms. The van der Waals surface area contributed by atoms with Gasteiger partial charge in [-0.1, -0.05) is 26.8 Å². The summed E-state index contributed by atoms with van der Waals surface area (Å²) in [4.78, 5) is 6.77. The maximum Gasteiger partial charge on any atom is 0.0416 e. The van der Waals surface area contributed by atoms with Crippen molar-refractivity contribution in [2.24, 2.45) is 5.41 Å². The maximum atomic E-state index is 4.37. The van der Waals surface area contributed by atoms with Gasteiger partial charge in [0, 0.05) is 37.9 Å². The highest BCUT2D eigenvalue weighted by molar-refractivity contribution is 5.03. The van der Waals surface area contributed by atoms with Gasteiger partial charge in [0.1, 0.15) is 0 Å². The highest BCUT2D eigenvalue weighted by Gasteiger charge is 2.19. The molecular formula is C16H29N3. The van der Waals surface area contributed by atoms with Gasteiger partial charge in [-0.05, 0) is 37.6 Å². The predicted molar refractivity (Wildman–Crippen MR) is 82.4 cm³/mol. The molecule has 0 aliphatic carbocycles. The molecule has 1 aromatic heterocycles. The lowest BCUT2D eigenvalue weighted by Crippen LogP contribution is -2.39. The van der Waals surface area contributed by atoms with Crippen molar-refractivity contribution in [3.63, 3.8) is 0 Å². The number of hydrogen-bond acceptors (Lipinski definition) is 3. The Labute approximate surface area is 118 Å². The second-order valence-electron chi connectivity index (χ2n) is 6.15. The zero-order valence-corrected chi connectivity index (χ0v) is 12.9. The molecule has 1 rings (SSSR count). The standard InChI is InChI=1S/C16H29N3/c1-5-10-17-13-16(2,3)14-19(4)12-9-15-8-6-7-11-18-15/h6-8,11,17H,5,9-10,12-14H2,1-4H3. The Hall–Kier alpha value is -0.930. The van der Waals surface area contributed by atoms with E-state index >= 15 is 0 Å². The SMILES string of the molecule is CCCNCC(C)(C)CN(C)CCc1ccccn1. The van der Waals surface area contributed by atoms with E-state index in [0.717, 1.165) is 32.6 Å². The third-order valence-corrected chi connectivity index (χ3v) is 3.20. The largest absolute Gasteiger partial charge is 0.316 e. The molecule has 0 spiro atoms. The first-order valence-electron chi connectivity index (χ1n) is 7.33. The van der Waals surface area contributed by atoms with E-state index in [4.69, 9.17) is 0 Å². The average molecular weight is 263 g/mol. The highest BCUT2D eigenvalue weighted by atomic mass is 15.1. The fourth-order valence-electron chi connectivity index (χ4n) is 2.32. The summed E-state index contributed by atoms with van der Waals surface area (Å²) in [7, 11) is 2.20. The Kier molecular flexibility index (Phi) is 7.03. The van der Waals surface area contributed by atoms with Gasteiger partial charge in [-0.25, -0.2) is 0 Å². The van der Waals surface area contributed by atoms with Crippen LogP contribution in [0.15, 0.2) is 24.4 Å². The van der Waals surface area contributed by atoms with Crippen LogP contribution in [0.25, 0.3) is 0 Å². The highest BCUT2D eigenvalue weighted by Crippen LogP contribution is 2.15. The minimum absolute atomic E-state index is 0.314. The number of pyridine rings is 1. The predicted octanol–water partition coefficient (Wildman–Crippen LogP) is 2.58. The molecule has 0 amide bonds. The van der Waals surface area contributed by atoms with E-state index in [1.807, 2.05) is 12.3 Å². The Balaban J connectivity index is 2.27. The molecular weight excluding hydrogens is 234 g/mol. The summed E-state index contributed by atoms with van der Waals surface area (Å²) in [5.74, 6) is 0. The minimum atomic E-state index is 0.314. The van der Waals surface area contributed by atoms with Gasteiger partial charge in [0.15, 0.2) is 0 Å². The van der Waals surface area contributed by atoms with Gasteiger partial charge >= 0.3 is 0 Å². The Morgan fingerprint density at radius 1 is 1.32 bits per heavy atom. The fraction of sp³-hybridized carbons (Fsp3) is 0.688. The van der Waals surface area contributed by atoms with Crippen LogP contribution in [0.2, 0.25) is 0 Å². The molecule has 1 heterocycles. The lowest BCUT2D eigenvalue weighted by molar-refractivity contribution is 0.205. The molecule has 0 saturated heterocycles. The van der Waals surface area contributed by atoms with Crippen LogP contribution >= 0.6 is 0 Å². The van der Waals surface area contributed by atoms with Crippen LogP contribution in [-0.2, 0) is 6.42 Å². The average Bonchev–Trinajstić information content (AvgIpc) is 2.37. The van der Waals surface area contributed by atoms with Crippen molar-refractivity contribution in [2.45, 2.75) is 33.6 Å². The molecule has 0 unspecified atom stereocenters. The first-order valence-corrected chi connectivity index (χ1v) is 7.33. The van der Waals surface area contributed by atoms with Crippen LogP contribution in [0.5, 0.6) is 0 Å². The molecule has 0 radical (unpaired) electrons. The quantitative estimate of drug-likeness (QED) is 0.694. The number of nitrogens with one attached hydrogen (secondary N) is 1. The number of likely N-dealkylation sites (N-methyl/N-ethyl adjacent to an activating group) is 1. The van der Waals surface area contributed by atoms with E-state index in [0.29, 0.717) is 5.41 Å². The summed E-state index contributed by atoms with van der Waals surface area (Å²) in [6.07, 6.45) is 4.09. The third-order valence-electron chi connectivity index (χ3n) is 3.20. The van der Waals surface area contributed by atoms with Crippen molar-refractivity contribution in [2.75, 3.05) is 33.2 Å². The van der Waals surface area contributed by atoms with Crippen molar-refractivity contribution >= 4 is 0 Å². The number of hydrogen-bond donors (Lipinski definition) is 1. The Morgan fingerprint density at radius 3 is 2.74 bits per heavy atom. The van der Waals surface area contributed by atoms with Gasteiger partial charge in [-0.2, -0.15) is 0 Å². The summed E-state index contributed by atoms with van der Waals surface area (Å²) in [5.41, 5.74) is 1.49. The van der Waals surface area contributed by atoms with Crippen LogP contribution in [0.3, 0.4) is 0 Å². The van der Waals surface area contributed by atoms with E-state index < -0.39 is 0 Å². The van der Waals surface area contributed by atoms with Gasteiger partial charge in [0.25, 0.3) is 0 Å². The normalized spacial score (nSPS) is 12.1. The smallest absolute Gasteiger partial charge is 0.0416 e. The second-order valence-corrected chi connectivity index (χ2v) is 6.15. The molecule has 3 nitrogen and oxygen atoms in total. The lowest BCUT2D eigenvalue weighted by atomic mass is 9.92. The van der Waals surface area contributed by atoms with E-state index in [-0.39, 0.29) is 0 Å². The first kappa shape index (κ1) is 16.1.